The first-order chi connectivity index (χ1) is 14.1. The Bertz CT molecular complexity index is 744. The average Bonchev–Trinajstić information content (AvgIpc) is 3.15. The third kappa shape index (κ3) is 5.88. The van der Waals surface area contributed by atoms with Gasteiger partial charge in [-0.25, -0.2) is 9.59 Å². The van der Waals surface area contributed by atoms with Crippen molar-refractivity contribution in [3.05, 3.63) is 12.2 Å². The Morgan fingerprint density at radius 3 is 1.80 bits per heavy atom. The monoisotopic (exact) mass is 424 g/mol. The Hall–Kier alpha value is -3.24. The van der Waals surface area contributed by atoms with Crippen molar-refractivity contribution in [1.29, 1.82) is 0 Å². The van der Waals surface area contributed by atoms with Gasteiger partial charge in [0.15, 0.2) is 0 Å². The Kier molecular flexibility index (Phi) is 7.67. The third-order valence-corrected chi connectivity index (χ3v) is 4.98. The van der Waals surface area contributed by atoms with Gasteiger partial charge in [0.1, 0.15) is 0 Å². The second kappa shape index (κ2) is 9.99. The molecule has 1 N–H and O–H groups in total. The summed E-state index contributed by atoms with van der Waals surface area (Å²) >= 11 is 0. The van der Waals surface area contributed by atoms with E-state index in [1.54, 1.807) is 0 Å². The van der Waals surface area contributed by atoms with Crippen LogP contribution in [0.1, 0.15) is 64.7 Å². The van der Waals surface area contributed by atoms with Crippen molar-refractivity contribution in [2.75, 3.05) is 0 Å². The van der Waals surface area contributed by atoms with Crippen LogP contribution in [0.3, 0.4) is 0 Å². The van der Waals surface area contributed by atoms with Crippen LogP contribution in [-0.2, 0) is 33.6 Å². The van der Waals surface area contributed by atoms with E-state index in [9.17, 15) is 28.8 Å². The molecule has 0 aromatic rings. The smallest absolute Gasteiger partial charge is 0.448 e. The maximum atomic E-state index is 12.2. The van der Waals surface area contributed by atoms with Crippen molar-refractivity contribution in [3.63, 3.8) is 0 Å². The van der Waals surface area contributed by atoms with E-state index < -0.39 is 41.2 Å². The van der Waals surface area contributed by atoms with Crippen molar-refractivity contribution in [2.24, 2.45) is 5.41 Å². The summed E-state index contributed by atoms with van der Waals surface area (Å²) in [6.45, 7) is 1.85. The lowest BCUT2D eigenvalue weighted by Gasteiger charge is -2.28. The van der Waals surface area contributed by atoms with Gasteiger partial charge in [0.25, 0.3) is 23.6 Å². The van der Waals surface area contributed by atoms with Crippen LogP contribution in [0, 0.1) is 5.41 Å². The predicted molar refractivity (Wildman–Crippen MR) is 97.7 cm³/mol. The second-order valence-corrected chi connectivity index (χ2v) is 7.36. The number of hydrogen-bond donors (Lipinski definition) is 1. The van der Waals surface area contributed by atoms with Gasteiger partial charge in [-0.2, -0.15) is 0 Å². The molecule has 0 saturated carbocycles. The van der Waals surface area contributed by atoms with Gasteiger partial charge in [-0.1, -0.05) is 17.2 Å². The molecule has 3 rings (SSSR count). The van der Waals surface area contributed by atoms with Crippen molar-refractivity contribution in [1.82, 2.24) is 10.1 Å². The molecule has 0 spiro atoms. The van der Waals surface area contributed by atoms with E-state index >= 15 is 0 Å². The molecule has 1 aliphatic carbocycles. The highest BCUT2D eigenvalue weighted by Gasteiger charge is 2.40. The summed E-state index contributed by atoms with van der Waals surface area (Å²) in [4.78, 5) is 75.2. The molecule has 0 aromatic heterocycles. The molecular formula is C19H24N2O9. The summed E-state index contributed by atoms with van der Waals surface area (Å²) in [5.41, 5.74) is -0.617. The van der Waals surface area contributed by atoms with E-state index in [4.69, 9.17) is 9.94 Å². The lowest BCUT2D eigenvalue weighted by atomic mass is 9.79. The number of carbonyl (C=O) groups excluding carboxylic acids is 5. The Labute approximate surface area is 172 Å². The Morgan fingerprint density at radius 2 is 1.30 bits per heavy atom. The fourth-order valence-electron chi connectivity index (χ4n) is 3.16. The largest absolute Gasteiger partial charge is 0.531 e. The summed E-state index contributed by atoms with van der Waals surface area (Å²) in [5.74, 6) is -2.54. The molecule has 11 nitrogen and oxygen atoms in total. The van der Waals surface area contributed by atoms with Crippen LogP contribution < -0.4 is 0 Å². The van der Waals surface area contributed by atoms with Crippen LogP contribution in [-0.4, -0.2) is 51.0 Å². The molecule has 0 bridgehead atoms. The maximum absolute atomic E-state index is 12.2. The average molecular weight is 424 g/mol. The number of hydrogen-bond acceptors (Lipinski definition) is 8. The molecule has 11 heteroatoms. The maximum Gasteiger partial charge on any atom is 0.531 e. The minimum absolute atomic E-state index is 0.0200. The molecule has 1 atom stereocenters. The number of allylic oxidation sites excluding steroid dienone is 2. The number of carboxylic acid groups (broad SMARTS) is 1. The minimum Gasteiger partial charge on any atom is -0.448 e. The van der Waals surface area contributed by atoms with Gasteiger partial charge in [0.05, 0.1) is 5.41 Å². The molecule has 0 aromatic carbocycles. The molecule has 0 unspecified atom stereocenters. The lowest BCUT2D eigenvalue weighted by molar-refractivity contribution is -0.205. The van der Waals surface area contributed by atoms with Crippen molar-refractivity contribution < 1.29 is 43.5 Å². The van der Waals surface area contributed by atoms with E-state index in [1.807, 2.05) is 6.92 Å². The van der Waals surface area contributed by atoms with Crippen LogP contribution in [0.2, 0.25) is 0 Å². The quantitative estimate of drug-likeness (QED) is 0.529. The first-order valence-electron chi connectivity index (χ1n) is 9.64. The zero-order valence-electron chi connectivity index (χ0n) is 16.6. The molecule has 0 radical (unpaired) electrons. The topological polar surface area (TPSA) is 148 Å². The van der Waals surface area contributed by atoms with Gasteiger partial charge in [0, 0.05) is 25.7 Å². The summed E-state index contributed by atoms with van der Waals surface area (Å²) in [6, 6.07) is 0. The highest BCUT2D eigenvalue weighted by Crippen LogP contribution is 2.34. The molecule has 2 fully saturated rings. The Balaban J connectivity index is 0.000000248. The van der Waals surface area contributed by atoms with Crippen molar-refractivity contribution in [3.8, 4) is 0 Å². The van der Waals surface area contributed by atoms with Crippen molar-refractivity contribution >= 4 is 35.8 Å². The summed E-state index contributed by atoms with van der Waals surface area (Å²) in [7, 11) is 0. The first kappa shape index (κ1) is 23.0. The predicted octanol–water partition coefficient (Wildman–Crippen LogP) is 1.87. The second-order valence-electron chi connectivity index (χ2n) is 7.36. The van der Waals surface area contributed by atoms with Gasteiger partial charge in [0.2, 0.25) is 0 Å². The first-order valence-corrected chi connectivity index (χ1v) is 9.64. The number of nitrogens with zero attached hydrogens (tertiary/aromatic N) is 2. The zero-order chi connectivity index (χ0) is 22.3. The number of carbonyl (C=O) groups is 6. The summed E-state index contributed by atoms with van der Waals surface area (Å²) in [5, 5.41) is 8.95. The highest BCUT2D eigenvalue weighted by atomic mass is 16.8. The van der Waals surface area contributed by atoms with Gasteiger partial charge in [-0.15, -0.1) is 5.06 Å². The number of imide groups is 2. The Morgan fingerprint density at radius 1 is 0.833 bits per heavy atom. The number of hydroxylamine groups is 4. The molecule has 2 saturated heterocycles. The summed E-state index contributed by atoms with van der Waals surface area (Å²) < 4.78 is 0. The standard InChI is InChI=1S/C14H19NO4.C5H5NO5/c1-14(9-5-3-2-4-6-10-14)13(18)19-15-11(16)7-8-12(15)17;7-3-1-2-4(8)6(3)11-5(9)10/h2-3H,4-10H2,1H3;1-2H2,(H,9,10)/b3-2+;/t14-;/m1./s1. The van der Waals surface area contributed by atoms with E-state index in [0.29, 0.717) is 17.9 Å². The zero-order valence-corrected chi connectivity index (χ0v) is 16.6. The van der Waals surface area contributed by atoms with Crippen LogP contribution in [0.15, 0.2) is 12.2 Å². The third-order valence-electron chi connectivity index (χ3n) is 4.98. The molecule has 2 aliphatic heterocycles. The van der Waals surface area contributed by atoms with Gasteiger partial charge in [-0.05, 0) is 39.0 Å². The molecule has 2 heterocycles. The summed E-state index contributed by atoms with van der Waals surface area (Å²) in [6.07, 6.45) is 6.89. The minimum atomic E-state index is -1.66. The van der Waals surface area contributed by atoms with E-state index in [1.165, 1.54) is 0 Å². The lowest BCUT2D eigenvalue weighted by Crippen LogP contribution is -2.39. The normalized spacial score (nSPS) is 25.2. The number of rotatable bonds is 3. The van der Waals surface area contributed by atoms with Crippen molar-refractivity contribution in [2.45, 2.75) is 64.7 Å². The van der Waals surface area contributed by atoms with Gasteiger partial charge in [-0.3, -0.25) is 24.0 Å². The van der Waals surface area contributed by atoms with Crippen LogP contribution in [0.4, 0.5) is 4.79 Å². The van der Waals surface area contributed by atoms with Gasteiger partial charge >= 0.3 is 12.1 Å². The van der Waals surface area contributed by atoms with E-state index in [0.717, 1.165) is 19.3 Å². The molecule has 3 aliphatic rings. The van der Waals surface area contributed by atoms with Crippen LogP contribution in [0.5, 0.6) is 0 Å². The molecule has 164 valence electrons. The number of amides is 4. The van der Waals surface area contributed by atoms with Crippen LogP contribution in [0.25, 0.3) is 0 Å². The molecule has 30 heavy (non-hydrogen) atoms. The van der Waals surface area contributed by atoms with Gasteiger partial charge < -0.3 is 9.94 Å². The molecular weight excluding hydrogens is 400 g/mol. The SMILES string of the molecule is C[C@@]1(C(=O)ON2C(=O)CCC2=O)CC/C=C/CCC1.O=C(O)ON1C(=O)CCC1=O. The van der Waals surface area contributed by atoms with E-state index in [-0.39, 0.29) is 30.7 Å². The fourth-order valence-corrected chi connectivity index (χ4v) is 3.16. The molecule has 4 amide bonds. The van der Waals surface area contributed by atoms with Crippen LogP contribution >= 0.6 is 0 Å². The highest BCUT2D eigenvalue weighted by molar-refractivity contribution is 6.02. The van der Waals surface area contributed by atoms with E-state index in [2.05, 4.69) is 17.0 Å². The fraction of sp³-hybridized carbons (Fsp3) is 0.579.